The first-order chi connectivity index (χ1) is 11.6. The lowest BCUT2D eigenvalue weighted by Gasteiger charge is -2.09. The number of hydrogen-bond acceptors (Lipinski definition) is 5. The van der Waals surface area contributed by atoms with E-state index in [9.17, 15) is 0 Å². The second-order valence-corrected chi connectivity index (χ2v) is 5.10. The minimum Gasteiger partial charge on any atom is -0.497 e. The van der Waals surface area contributed by atoms with Gasteiger partial charge >= 0.3 is 0 Å². The Morgan fingerprint density at radius 1 is 1.12 bits per heavy atom. The van der Waals surface area contributed by atoms with E-state index in [0.717, 1.165) is 5.75 Å². The Hall–Kier alpha value is -1.14. The first kappa shape index (κ1) is 25.1. The highest BCUT2D eigenvalue weighted by atomic mass is 16.5. The first-order valence-electron chi connectivity index (χ1n) is 9.00. The Morgan fingerprint density at radius 2 is 1.67 bits per heavy atom. The fourth-order valence-corrected chi connectivity index (χ4v) is 1.71. The van der Waals surface area contributed by atoms with Crippen LogP contribution in [-0.2, 0) is 0 Å². The van der Waals surface area contributed by atoms with E-state index in [1.54, 1.807) is 7.11 Å². The summed E-state index contributed by atoms with van der Waals surface area (Å²) in [4.78, 5) is 0. The smallest absolute Gasteiger partial charge is 0.118 e. The van der Waals surface area contributed by atoms with Gasteiger partial charge < -0.3 is 20.4 Å². The summed E-state index contributed by atoms with van der Waals surface area (Å²) in [6.45, 7) is 11.8. The molecule has 0 atom stereocenters. The van der Waals surface area contributed by atoms with Crippen molar-refractivity contribution in [3.8, 4) is 5.75 Å². The quantitative estimate of drug-likeness (QED) is 0.715. The molecule has 142 valence electrons. The molecule has 1 heterocycles. The summed E-state index contributed by atoms with van der Waals surface area (Å²) in [5, 5.41) is 21.4. The monoisotopic (exact) mass is 342 g/mol. The Labute approximate surface area is 148 Å². The third kappa shape index (κ3) is 17.2. The van der Waals surface area contributed by atoms with Crippen LogP contribution in [-0.4, -0.2) is 55.3 Å². The third-order valence-electron chi connectivity index (χ3n) is 3.15. The van der Waals surface area contributed by atoms with Crippen LogP contribution >= 0.6 is 0 Å². The molecule has 5 nitrogen and oxygen atoms in total. The van der Waals surface area contributed by atoms with E-state index in [1.165, 1.54) is 36.6 Å². The van der Waals surface area contributed by atoms with Crippen LogP contribution in [0.25, 0.3) is 0 Å². The minimum atomic E-state index is 0.150. The van der Waals surface area contributed by atoms with Gasteiger partial charge in [0.1, 0.15) is 5.75 Å². The molecule has 1 saturated heterocycles. The van der Waals surface area contributed by atoms with Crippen molar-refractivity contribution in [3.63, 3.8) is 0 Å². The average Bonchev–Trinajstić information content (AvgIpc) is 3.22. The molecular weight excluding hydrogens is 304 g/mol. The molecule has 0 aromatic heterocycles. The van der Waals surface area contributed by atoms with Crippen LogP contribution in [0.1, 0.15) is 45.6 Å². The number of rotatable bonds is 5. The zero-order valence-corrected chi connectivity index (χ0v) is 16.2. The van der Waals surface area contributed by atoms with E-state index in [0.29, 0.717) is 19.5 Å². The van der Waals surface area contributed by atoms with Gasteiger partial charge in [0.15, 0.2) is 0 Å². The van der Waals surface area contributed by atoms with Crippen LogP contribution in [0.3, 0.4) is 0 Å². The first-order valence-corrected chi connectivity index (χ1v) is 9.00. The van der Waals surface area contributed by atoms with Gasteiger partial charge in [-0.15, -0.1) is 0 Å². The molecule has 1 aliphatic heterocycles. The van der Waals surface area contributed by atoms with Crippen LogP contribution in [0.15, 0.2) is 24.3 Å². The predicted molar refractivity (Wildman–Crippen MR) is 102 cm³/mol. The highest BCUT2D eigenvalue weighted by Gasteiger charge is 1.93. The van der Waals surface area contributed by atoms with Gasteiger partial charge in [0.05, 0.1) is 7.11 Å². The van der Waals surface area contributed by atoms with E-state index in [-0.39, 0.29) is 6.61 Å². The fraction of sp³-hybridized carbons (Fsp3) is 0.684. The lowest BCUT2D eigenvalue weighted by Crippen LogP contribution is -2.20. The largest absolute Gasteiger partial charge is 0.497 e. The molecule has 1 fully saturated rings. The van der Waals surface area contributed by atoms with E-state index in [4.69, 9.17) is 15.1 Å². The van der Waals surface area contributed by atoms with Gasteiger partial charge in [0, 0.05) is 19.7 Å². The molecule has 1 aromatic carbocycles. The maximum atomic E-state index is 8.71. The molecule has 0 aliphatic carbocycles. The van der Waals surface area contributed by atoms with Gasteiger partial charge in [-0.2, -0.15) is 5.06 Å². The molecule has 0 amide bonds. The molecule has 24 heavy (non-hydrogen) atoms. The van der Waals surface area contributed by atoms with Crippen LogP contribution < -0.4 is 10.1 Å². The highest BCUT2D eigenvalue weighted by molar-refractivity contribution is 5.25. The van der Waals surface area contributed by atoms with Crippen LogP contribution in [0, 0.1) is 6.92 Å². The number of aliphatic hydroxyl groups is 1. The van der Waals surface area contributed by atoms with Crippen LogP contribution in [0.4, 0.5) is 0 Å². The standard InChI is InChI=1S/C8H10O.C5H13NO2.C4H9N.C2H6/c1-7-3-5-8(9-2)6-4-7;1-2-6(8)4-3-5-7;1-2-4-5-3-1;1-2/h3-6H,1-2H3;7-8H,2-5H2,1H3;5H,1-4H2;1-2H3. The number of benzene rings is 1. The van der Waals surface area contributed by atoms with Crippen molar-refractivity contribution >= 4 is 0 Å². The number of aliphatic hydroxyl groups excluding tert-OH is 1. The number of nitrogens with one attached hydrogen (secondary N) is 1. The number of aryl methyl sites for hydroxylation is 1. The van der Waals surface area contributed by atoms with Crippen molar-refractivity contribution < 1.29 is 15.1 Å². The molecule has 0 unspecified atom stereocenters. The number of hydrogen-bond donors (Lipinski definition) is 3. The lowest BCUT2D eigenvalue weighted by molar-refractivity contribution is -0.0886. The van der Waals surface area contributed by atoms with Crippen molar-refractivity contribution in [2.24, 2.45) is 0 Å². The molecule has 5 heteroatoms. The second kappa shape index (κ2) is 19.9. The summed E-state index contributed by atoms with van der Waals surface area (Å²) in [7, 11) is 1.67. The van der Waals surface area contributed by atoms with E-state index in [2.05, 4.69) is 12.2 Å². The molecule has 2 rings (SSSR count). The summed E-state index contributed by atoms with van der Waals surface area (Å²) in [6, 6.07) is 7.96. The fourth-order valence-electron chi connectivity index (χ4n) is 1.71. The van der Waals surface area contributed by atoms with E-state index >= 15 is 0 Å². The van der Waals surface area contributed by atoms with Gasteiger partial charge in [-0.05, 0) is 51.4 Å². The predicted octanol–water partition coefficient (Wildman–Crippen LogP) is 3.48. The third-order valence-corrected chi connectivity index (χ3v) is 3.15. The van der Waals surface area contributed by atoms with Crippen molar-refractivity contribution in [3.05, 3.63) is 29.8 Å². The summed E-state index contributed by atoms with van der Waals surface area (Å²) < 4.78 is 4.97. The molecule has 0 saturated carbocycles. The molecule has 0 bridgehead atoms. The normalized spacial score (nSPS) is 12.2. The van der Waals surface area contributed by atoms with E-state index in [1.807, 2.05) is 45.0 Å². The molecule has 3 N–H and O–H groups in total. The lowest BCUT2D eigenvalue weighted by atomic mass is 10.2. The van der Waals surface area contributed by atoms with Gasteiger partial charge in [-0.1, -0.05) is 38.5 Å². The van der Waals surface area contributed by atoms with Crippen molar-refractivity contribution in [1.29, 1.82) is 0 Å². The number of nitrogens with zero attached hydrogens (tertiary/aromatic N) is 1. The Balaban J connectivity index is 0. The topological polar surface area (TPSA) is 65.0 Å². The zero-order chi connectivity index (χ0) is 18.6. The minimum absolute atomic E-state index is 0.150. The van der Waals surface area contributed by atoms with Crippen LogP contribution in [0.2, 0.25) is 0 Å². The van der Waals surface area contributed by atoms with Gasteiger partial charge in [0.25, 0.3) is 0 Å². The number of ether oxygens (including phenoxy) is 1. The van der Waals surface area contributed by atoms with Crippen molar-refractivity contribution in [2.75, 3.05) is 39.9 Å². The Bertz CT molecular complexity index is 333. The average molecular weight is 343 g/mol. The SMILES string of the molecule is C1CCNC1.CC.CCN(O)CCCO.COc1ccc(C)cc1. The summed E-state index contributed by atoms with van der Waals surface area (Å²) in [6.07, 6.45) is 3.42. The van der Waals surface area contributed by atoms with Crippen molar-refractivity contribution in [1.82, 2.24) is 10.4 Å². The molecule has 1 aliphatic rings. The van der Waals surface area contributed by atoms with Gasteiger partial charge in [-0.3, -0.25) is 0 Å². The van der Waals surface area contributed by atoms with Gasteiger partial charge in [0.2, 0.25) is 0 Å². The second-order valence-electron chi connectivity index (χ2n) is 5.10. The molecule has 0 radical (unpaired) electrons. The number of hydroxylamine groups is 2. The van der Waals surface area contributed by atoms with E-state index < -0.39 is 0 Å². The van der Waals surface area contributed by atoms with Crippen molar-refractivity contribution in [2.45, 2.75) is 47.0 Å². The Morgan fingerprint density at radius 3 is 2.00 bits per heavy atom. The summed E-state index contributed by atoms with van der Waals surface area (Å²) in [5.41, 5.74) is 1.26. The number of methoxy groups -OCH3 is 1. The summed E-state index contributed by atoms with van der Waals surface area (Å²) in [5.74, 6) is 0.917. The maximum absolute atomic E-state index is 8.71. The molecule has 0 spiro atoms. The molecule has 1 aromatic rings. The Kier molecular flexibility index (Phi) is 20.8. The van der Waals surface area contributed by atoms with Crippen LogP contribution in [0.5, 0.6) is 5.75 Å². The summed E-state index contributed by atoms with van der Waals surface area (Å²) >= 11 is 0. The maximum Gasteiger partial charge on any atom is 0.118 e. The van der Waals surface area contributed by atoms with Gasteiger partial charge in [-0.25, -0.2) is 0 Å². The zero-order valence-electron chi connectivity index (χ0n) is 16.2. The molecular formula is C19H38N2O3. The highest BCUT2D eigenvalue weighted by Crippen LogP contribution is 2.09.